The zero-order valence-corrected chi connectivity index (χ0v) is 64.6. The molecule has 2 nitrogen and oxygen atoms in total. The summed E-state index contributed by atoms with van der Waals surface area (Å²) in [6.45, 7) is 4.74. The number of hydrogen-bond donors (Lipinski definition) is 0. The van der Waals surface area contributed by atoms with E-state index < -0.39 is 5.41 Å². The molecule has 2 aliphatic rings. The van der Waals surface area contributed by atoms with Gasteiger partial charge in [0.1, 0.15) is 0 Å². The van der Waals surface area contributed by atoms with Gasteiger partial charge in [-0.15, -0.1) is 0 Å². The minimum absolute atomic E-state index is 0.174. The molecule has 19 aromatic rings. The number of fused-ring (bicyclic) bond motifs is 8. The molecule has 546 valence electrons. The van der Waals surface area contributed by atoms with Crippen molar-refractivity contribution < 1.29 is 0 Å². The predicted molar refractivity (Wildman–Crippen MR) is 489 cm³/mol. The molecule has 2 heteroatoms. The molecule has 2 aliphatic carbocycles. The Bertz CT molecular complexity index is 6940. The highest BCUT2D eigenvalue weighted by Crippen LogP contribution is 2.59. The van der Waals surface area contributed by atoms with E-state index in [4.69, 9.17) is 0 Å². The maximum absolute atomic E-state index is 2.51. The SMILES string of the molecule is CC1(C)c2ccccc2-c2ccc(N(c3cccc(-c4cccc(-c5ccccc5)c4)c3)c3cccc(-c4ccc5c(-c6ccc7c(c6)C(c6ccccc6)(c6ccccc6)c6cc(-c8ccc(N(c9cccc(-c%10cccc(-c%11ccccc%11)c%10)c9)c9cccc(-c%10ccc%11ccccc%11c%10)c9)cc8)ccc6-7)cccc5c4)c3)cc21. The number of rotatable bonds is 16. The fourth-order valence-corrected chi connectivity index (χ4v) is 18.8. The molecule has 0 radical (unpaired) electrons. The van der Waals surface area contributed by atoms with Crippen LogP contribution in [0.3, 0.4) is 0 Å². The van der Waals surface area contributed by atoms with Gasteiger partial charge in [0.05, 0.1) is 5.41 Å². The highest BCUT2D eigenvalue weighted by atomic mass is 15.1. The first-order valence-corrected chi connectivity index (χ1v) is 40.3. The largest absolute Gasteiger partial charge is 0.310 e. The Balaban J connectivity index is 0.640. The van der Waals surface area contributed by atoms with E-state index in [-0.39, 0.29) is 5.41 Å². The lowest BCUT2D eigenvalue weighted by Gasteiger charge is -2.34. The van der Waals surface area contributed by atoms with Gasteiger partial charge in [-0.1, -0.05) is 354 Å². The molecule has 116 heavy (non-hydrogen) atoms. The van der Waals surface area contributed by atoms with Crippen molar-refractivity contribution in [2.75, 3.05) is 9.80 Å². The van der Waals surface area contributed by atoms with E-state index >= 15 is 0 Å². The number of hydrogen-bond acceptors (Lipinski definition) is 2. The molecule has 0 amide bonds. The van der Waals surface area contributed by atoms with Crippen LogP contribution < -0.4 is 9.80 Å². The number of nitrogens with zero attached hydrogens (tertiary/aromatic N) is 2. The lowest BCUT2D eigenvalue weighted by Crippen LogP contribution is -2.28. The predicted octanol–water partition coefficient (Wildman–Crippen LogP) is 30.9. The van der Waals surface area contributed by atoms with Gasteiger partial charge in [0.25, 0.3) is 0 Å². The molecule has 0 aliphatic heterocycles. The molecule has 0 heterocycles. The maximum atomic E-state index is 2.51. The summed E-state index contributed by atoms with van der Waals surface area (Å²) in [5.41, 5.74) is 37.2. The third kappa shape index (κ3) is 12.2. The maximum Gasteiger partial charge on any atom is 0.0713 e. The van der Waals surface area contributed by atoms with E-state index in [0.29, 0.717) is 0 Å². The standard InChI is InChI=1S/C114H80N2/c1-113(2)109-51-18-17-49-105(109)106-65-61-102(76-110(106)113)116(100-47-22-37-87(71-100)85-35-20-33-83(67-85)78-28-9-4-10-29-78)101-48-24-39-89(73-101)91-56-62-104-93(69-91)40-25-50-103(104)94-58-64-108-107-63-57-92(74-111(107)114(112(108)75-94,95-41-11-5-12-42-95)96-43-13-6-14-44-96)80-54-59-97(60-55-80)115(99-46-23-38-88(72-99)90-53-52-79-30-15-16-31-81(79)68-90)98-45-21-36-86(70-98)84-34-19-32-82(66-84)77-26-7-3-8-27-77/h3-76H,1-2H3. The Hall–Kier alpha value is -14.7. The molecular weight excluding hydrogens is 1400 g/mol. The zero-order chi connectivity index (χ0) is 77.3. The van der Waals surface area contributed by atoms with E-state index in [1.54, 1.807) is 0 Å². The first-order valence-electron chi connectivity index (χ1n) is 40.3. The van der Waals surface area contributed by atoms with E-state index in [1.165, 1.54) is 127 Å². The van der Waals surface area contributed by atoms with Gasteiger partial charge in [0.15, 0.2) is 0 Å². The van der Waals surface area contributed by atoms with Gasteiger partial charge in [-0.2, -0.15) is 0 Å². The Labute approximate surface area is 679 Å². The minimum atomic E-state index is -0.663. The summed E-state index contributed by atoms with van der Waals surface area (Å²) in [5, 5.41) is 4.84. The number of benzene rings is 19. The smallest absolute Gasteiger partial charge is 0.0713 e. The summed E-state index contributed by atoms with van der Waals surface area (Å²) < 4.78 is 0. The van der Waals surface area contributed by atoms with Gasteiger partial charge in [-0.3, -0.25) is 0 Å². The highest BCUT2D eigenvalue weighted by molar-refractivity contribution is 6.01. The second-order valence-corrected chi connectivity index (χ2v) is 31.5. The Morgan fingerprint density at radius 1 is 0.164 bits per heavy atom. The van der Waals surface area contributed by atoms with Gasteiger partial charge in [0, 0.05) is 39.5 Å². The Kier molecular flexibility index (Phi) is 17.2. The quantitative estimate of drug-likeness (QED) is 0.0951. The average Bonchev–Trinajstić information content (AvgIpc) is 1.53. The first-order chi connectivity index (χ1) is 57.2. The third-order valence-corrected chi connectivity index (χ3v) is 24.5. The minimum Gasteiger partial charge on any atom is -0.310 e. The van der Waals surface area contributed by atoms with Crippen LogP contribution in [0, 0.1) is 0 Å². The normalized spacial score (nSPS) is 12.7. The van der Waals surface area contributed by atoms with Crippen molar-refractivity contribution in [1.82, 2.24) is 0 Å². The summed E-state index contributed by atoms with van der Waals surface area (Å²) in [7, 11) is 0. The van der Waals surface area contributed by atoms with Crippen LogP contribution in [0.4, 0.5) is 34.1 Å². The fraction of sp³-hybridized carbons (Fsp3) is 0.0351. The fourth-order valence-electron chi connectivity index (χ4n) is 18.8. The van der Waals surface area contributed by atoms with Crippen molar-refractivity contribution in [3.05, 3.63) is 482 Å². The molecule has 0 saturated heterocycles. The van der Waals surface area contributed by atoms with Crippen molar-refractivity contribution in [3.63, 3.8) is 0 Å². The second kappa shape index (κ2) is 28.8. The van der Waals surface area contributed by atoms with Crippen molar-refractivity contribution >= 4 is 55.7 Å². The van der Waals surface area contributed by atoms with E-state index in [9.17, 15) is 0 Å². The highest BCUT2D eigenvalue weighted by Gasteiger charge is 2.47. The van der Waals surface area contributed by atoms with Crippen LogP contribution in [0.15, 0.2) is 449 Å². The molecule has 0 atom stereocenters. The van der Waals surface area contributed by atoms with Crippen molar-refractivity contribution in [3.8, 4) is 111 Å². The van der Waals surface area contributed by atoms with Crippen molar-refractivity contribution in [2.45, 2.75) is 24.7 Å². The first kappa shape index (κ1) is 69.3. The molecule has 21 rings (SSSR count). The molecule has 0 N–H and O–H groups in total. The molecule has 0 unspecified atom stereocenters. The van der Waals surface area contributed by atoms with Gasteiger partial charge >= 0.3 is 0 Å². The van der Waals surface area contributed by atoms with Crippen LogP contribution in [0.1, 0.15) is 47.2 Å². The van der Waals surface area contributed by atoms with Crippen molar-refractivity contribution in [2.24, 2.45) is 0 Å². The van der Waals surface area contributed by atoms with Crippen molar-refractivity contribution in [1.29, 1.82) is 0 Å². The molecule has 0 fully saturated rings. The summed E-state index contributed by atoms with van der Waals surface area (Å²) in [6.07, 6.45) is 0. The molecule has 0 saturated carbocycles. The van der Waals surface area contributed by atoms with Gasteiger partial charge in [-0.05, 0) is 275 Å². The third-order valence-electron chi connectivity index (χ3n) is 24.5. The molecule has 0 spiro atoms. The zero-order valence-electron chi connectivity index (χ0n) is 64.6. The summed E-state index contributed by atoms with van der Waals surface area (Å²) in [6, 6.07) is 167. The lowest BCUT2D eigenvalue weighted by atomic mass is 9.67. The molecule has 19 aromatic carbocycles. The molecular formula is C114H80N2. The topological polar surface area (TPSA) is 6.48 Å². The van der Waals surface area contributed by atoms with Crippen LogP contribution >= 0.6 is 0 Å². The molecule has 0 aromatic heterocycles. The van der Waals surface area contributed by atoms with Crippen LogP contribution in [0.25, 0.3) is 133 Å². The second-order valence-electron chi connectivity index (χ2n) is 31.5. The van der Waals surface area contributed by atoms with E-state index in [2.05, 4.69) is 473 Å². The van der Waals surface area contributed by atoms with Gasteiger partial charge in [-0.25, -0.2) is 0 Å². The van der Waals surface area contributed by atoms with E-state index in [1.807, 2.05) is 0 Å². The number of anilines is 6. The van der Waals surface area contributed by atoms with Gasteiger partial charge in [0.2, 0.25) is 0 Å². The van der Waals surface area contributed by atoms with Crippen LogP contribution in [0.2, 0.25) is 0 Å². The Morgan fingerprint density at radius 2 is 0.483 bits per heavy atom. The monoisotopic (exact) mass is 1480 g/mol. The van der Waals surface area contributed by atoms with Crippen LogP contribution in [-0.4, -0.2) is 0 Å². The average molecular weight is 1480 g/mol. The van der Waals surface area contributed by atoms with Gasteiger partial charge < -0.3 is 9.80 Å². The molecule has 0 bridgehead atoms. The van der Waals surface area contributed by atoms with Crippen LogP contribution in [-0.2, 0) is 10.8 Å². The summed E-state index contributed by atoms with van der Waals surface area (Å²) in [5.74, 6) is 0. The Morgan fingerprint density at radius 3 is 1.03 bits per heavy atom. The summed E-state index contributed by atoms with van der Waals surface area (Å²) >= 11 is 0. The lowest BCUT2D eigenvalue weighted by molar-refractivity contribution is 0.660. The van der Waals surface area contributed by atoms with E-state index in [0.717, 1.165) is 73.1 Å². The summed E-state index contributed by atoms with van der Waals surface area (Å²) in [4.78, 5) is 4.87. The van der Waals surface area contributed by atoms with Crippen LogP contribution in [0.5, 0.6) is 0 Å².